The van der Waals surface area contributed by atoms with E-state index in [4.69, 9.17) is 4.98 Å². The molecule has 8 nitrogen and oxygen atoms in total. The highest BCUT2D eigenvalue weighted by Gasteiger charge is 2.24. The number of fused-ring (bicyclic) bond motifs is 2. The van der Waals surface area contributed by atoms with E-state index in [2.05, 4.69) is 59.2 Å². The second-order valence-corrected chi connectivity index (χ2v) is 9.93. The lowest BCUT2D eigenvalue weighted by molar-refractivity contribution is 0.377. The van der Waals surface area contributed by atoms with Gasteiger partial charge in [-0.25, -0.2) is 14.3 Å². The Balaban J connectivity index is 1.64. The molecule has 2 N–H and O–H groups in total. The second-order valence-electron chi connectivity index (χ2n) is 9.93. The van der Waals surface area contributed by atoms with Gasteiger partial charge < -0.3 is 15.2 Å². The van der Waals surface area contributed by atoms with E-state index in [-0.39, 0.29) is 17.1 Å². The average Bonchev–Trinajstić information content (AvgIpc) is 3.36. The van der Waals surface area contributed by atoms with Crippen LogP contribution < -0.4 is 16.2 Å². The SMILES string of the molecule is CC(C)n1c(=O)c2cnc(Nc3ccc4c(c3)CNCC4)nc2n1-c1cccn1C(C)(C)C. The predicted molar refractivity (Wildman–Crippen MR) is 132 cm³/mol. The van der Waals surface area contributed by atoms with E-state index < -0.39 is 0 Å². The molecule has 0 saturated heterocycles. The van der Waals surface area contributed by atoms with Crippen LogP contribution in [0.15, 0.2) is 47.5 Å². The highest BCUT2D eigenvalue weighted by Crippen LogP contribution is 2.26. The first-order valence-corrected chi connectivity index (χ1v) is 11.5. The quantitative estimate of drug-likeness (QED) is 0.494. The Morgan fingerprint density at radius 3 is 2.73 bits per heavy atom. The summed E-state index contributed by atoms with van der Waals surface area (Å²) in [5.41, 5.74) is 3.95. The molecule has 0 atom stereocenters. The summed E-state index contributed by atoms with van der Waals surface area (Å²) in [5.74, 6) is 1.36. The van der Waals surface area contributed by atoms with Crippen molar-refractivity contribution >= 4 is 22.7 Å². The largest absolute Gasteiger partial charge is 0.328 e. The molecule has 0 bridgehead atoms. The van der Waals surface area contributed by atoms with Crippen LogP contribution in [0.2, 0.25) is 0 Å². The van der Waals surface area contributed by atoms with Crippen molar-refractivity contribution in [3.8, 4) is 5.82 Å². The van der Waals surface area contributed by atoms with Crippen LogP contribution >= 0.6 is 0 Å². The summed E-state index contributed by atoms with van der Waals surface area (Å²) in [4.78, 5) is 22.6. The van der Waals surface area contributed by atoms with E-state index in [0.717, 1.165) is 31.0 Å². The van der Waals surface area contributed by atoms with Gasteiger partial charge in [0, 0.05) is 36.2 Å². The van der Waals surface area contributed by atoms with Gasteiger partial charge in [0.15, 0.2) is 5.65 Å². The maximum Gasteiger partial charge on any atom is 0.278 e. The Labute approximate surface area is 193 Å². The van der Waals surface area contributed by atoms with Crippen molar-refractivity contribution in [3.63, 3.8) is 0 Å². The molecule has 0 radical (unpaired) electrons. The minimum absolute atomic E-state index is 0.0421. The summed E-state index contributed by atoms with van der Waals surface area (Å²) in [6.45, 7) is 12.3. The Morgan fingerprint density at radius 1 is 1.15 bits per heavy atom. The van der Waals surface area contributed by atoms with Crippen molar-refractivity contribution in [2.24, 2.45) is 0 Å². The van der Waals surface area contributed by atoms with Crippen LogP contribution in [0.1, 0.15) is 51.8 Å². The molecule has 1 aliphatic rings. The van der Waals surface area contributed by atoms with E-state index in [1.165, 1.54) is 11.1 Å². The van der Waals surface area contributed by atoms with Crippen LogP contribution in [0, 0.1) is 0 Å². The third kappa shape index (κ3) is 3.74. The molecule has 0 saturated carbocycles. The first-order valence-electron chi connectivity index (χ1n) is 11.5. The number of nitrogens with zero attached hydrogens (tertiary/aromatic N) is 5. The molecule has 8 heteroatoms. The Hall–Kier alpha value is -3.39. The van der Waals surface area contributed by atoms with Crippen LogP contribution in [0.4, 0.5) is 11.6 Å². The molecule has 1 aliphatic heterocycles. The third-order valence-electron chi connectivity index (χ3n) is 6.13. The summed E-state index contributed by atoms with van der Waals surface area (Å²) in [6.07, 6.45) is 4.71. The van der Waals surface area contributed by atoms with Crippen LogP contribution in [-0.2, 0) is 18.5 Å². The fraction of sp³-hybridized carbons (Fsp3) is 0.400. The molecule has 0 aliphatic carbocycles. The summed E-state index contributed by atoms with van der Waals surface area (Å²) in [6, 6.07) is 10.4. The number of benzene rings is 1. The zero-order valence-electron chi connectivity index (χ0n) is 19.9. The zero-order chi connectivity index (χ0) is 23.3. The van der Waals surface area contributed by atoms with Gasteiger partial charge in [0.1, 0.15) is 11.2 Å². The number of nitrogens with one attached hydrogen (secondary N) is 2. The first-order chi connectivity index (χ1) is 15.7. The Bertz CT molecular complexity index is 1380. The summed E-state index contributed by atoms with van der Waals surface area (Å²) >= 11 is 0. The monoisotopic (exact) mass is 445 g/mol. The van der Waals surface area contributed by atoms with E-state index >= 15 is 0 Å². The fourth-order valence-electron chi connectivity index (χ4n) is 4.55. The molecular formula is C25H31N7O. The smallest absolute Gasteiger partial charge is 0.278 e. The second kappa shape index (κ2) is 7.88. The van der Waals surface area contributed by atoms with Gasteiger partial charge in [-0.15, -0.1) is 0 Å². The maximum absolute atomic E-state index is 13.3. The highest BCUT2D eigenvalue weighted by atomic mass is 16.1. The molecule has 3 aromatic heterocycles. The lowest BCUT2D eigenvalue weighted by Gasteiger charge is -2.26. The average molecular weight is 446 g/mol. The number of hydrogen-bond donors (Lipinski definition) is 2. The van der Waals surface area contributed by atoms with Crippen LogP contribution in [-0.4, -0.2) is 30.4 Å². The number of aromatic nitrogens is 5. The van der Waals surface area contributed by atoms with E-state index in [1.807, 2.05) is 36.9 Å². The van der Waals surface area contributed by atoms with Gasteiger partial charge in [-0.2, -0.15) is 4.98 Å². The summed E-state index contributed by atoms with van der Waals surface area (Å²) in [7, 11) is 0. The normalized spacial score (nSPS) is 14.1. The van der Waals surface area contributed by atoms with Crippen LogP contribution in [0.5, 0.6) is 0 Å². The number of hydrogen-bond acceptors (Lipinski definition) is 5. The van der Waals surface area contributed by atoms with Gasteiger partial charge in [0.25, 0.3) is 5.56 Å². The molecule has 172 valence electrons. The van der Waals surface area contributed by atoms with Crippen molar-refractivity contribution in [2.45, 2.75) is 59.2 Å². The fourth-order valence-corrected chi connectivity index (χ4v) is 4.55. The lowest BCUT2D eigenvalue weighted by atomic mass is 10.0. The van der Waals surface area contributed by atoms with Crippen molar-refractivity contribution in [2.75, 3.05) is 11.9 Å². The van der Waals surface area contributed by atoms with Gasteiger partial charge in [0.05, 0.1) is 0 Å². The third-order valence-corrected chi connectivity index (χ3v) is 6.13. The van der Waals surface area contributed by atoms with Crippen molar-refractivity contribution in [3.05, 3.63) is 64.2 Å². The molecule has 0 amide bonds. The number of rotatable bonds is 4. The number of anilines is 2. The topological polar surface area (TPSA) is 81.7 Å². The van der Waals surface area contributed by atoms with Crippen molar-refractivity contribution < 1.29 is 0 Å². The molecule has 33 heavy (non-hydrogen) atoms. The van der Waals surface area contributed by atoms with Gasteiger partial charge in [-0.05, 0) is 83.0 Å². The molecule has 4 aromatic rings. The molecule has 0 spiro atoms. The Kier molecular flexibility index (Phi) is 5.12. The lowest BCUT2D eigenvalue weighted by Crippen LogP contribution is -2.29. The molecule has 4 heterocycles. The van der Waals surface area contributed by atoms with Gasteiger partial charge >= 0.3 is 0 Å². The summed E-state index contributed by atoms with van der Waals surface area (Å²) < 4.78 is 5.85. The molecule has 1 aromatic carbocycles. The van der Waals surface area contributed by atoms with Gasteiger partial charge in [-0.1, -0.05) is 6.07 Å². The summed E-state index contributed by atoms with van der Waals surface area (Å²) in [5, 5.41) is 7.26. The van der Waals surface area contributed by atoms with E-state index in [0.29, 0.717) is 17.0 Å². The maximum atomic E-state index is 13.3. The van der Waals surface area contributed by atoms with E-state index in [1.54, 1.807) is 10.9 Å². The molecule has 5 rings (SSSR count). The van der Waals surface area contributed by atoms with Crippen molar-refractivity contribution in [1.29, 1.82) is 0 Å². The standard InChI is InChI=1S/C25H31N7O/c1-16(2)31-23(33)20-15-27-24(28-19-9-8-17-10-11-26-14-18(17)13-19)29-22(20)32(31)21-7-6-12-30(21)25(3,4)5/h6-9,12-13,15-16,26H,10-11,14H2,1-5H3,(H,27,28,29). The first kappa shape index (κ1) is 21.5. The molecular weight excluding hydrogens is 414 g/mol. The van der Waals surface area contributed by atoms with Gasteiger partial charge in [-0.3, -0.25) is 4.79 Å². The Morgan fingerprint density at radius 2 is 1.97 bits per heavy atom. The zero-order valence-corrected chi connectivity index (χ0v) is 19.9. The predicted octanol–water partition coefficient (Wildman–Crippen LogP) is 4.11. The minimum Gasteiger partial charge on any atom is -0.328 e. The molecule has 0 fully saturated rings. The highest BCUT2D eigenvalue weighted by molar-refractivity contribution is 5.77. The van der Waals surface area contributed by atoms with E-state index in [9.17, 15) is 4.79 Å². The van der Waals surface area contributed by atoms with Crippen molar-refractivity contribution in [1.82, 2.24) is 29.2 Å². The van der Waals surface area contributed by atoms with Gasteiger partial charge in [0.2, 0.25) is 5.95 Å². The van der Waals surface area contributed by atoms with Crippen LogP contribution in [0.3, 0.4) is 0 Å². The van der Waals surface area contributed by atoms with Crippen LogP contribution in [0.25, 0.3) is 16.9 Å². The minimum atomic E-state index is -0.154. The molecule has 0 unspecified atom stereocenters.